The maximum atomic E-state index is 13.1. The average Bonchev–Trinajstić information content (AvgIpc) is 2.41. The molecule has 4 N–H and O–H groups in total. The van der Waals surface area contributed by atoms with E-state index in [4.69, 9.17) is 5.84 Å². The van der Waals surface area contributed by atoms with Crippen LogP contribution in [0.25, 0.3) is 0 Å². The van der Waals surface area contributed by atoms with Gasteiger partial charge in [0.05, 0.1) is 0 Å². The molecule has 2 rings (SSSR count). The lowest BCUT2D eigenvalue weighted by molar-refractivity contribution is 0.627. The van der Waals surface area contributed by atoms with Gasteiger partial charge in [-0.1, -0.05) is 13.8 Å². The van der Waals surface area contributed by atoms with Gasteiger partial charge in [0.15, 0.2) is 0 Å². The van der Waals surface area contributed by atoms with E-state index in [0.29, 0.717) is 11.6 Å². The lowest BCUT2D eigenvalue weighted by Gasteiger charge is -2.17. The van der Waals surface area contributed by atoms with E-state index < -0.39 is 0 Å². The van der Waals surface area contributed by atoms with E-state index >= 15 is 0 Å². The van der Waals surface area contributed by atoms with Crippen molar-refractivity contribution in [2.24, 2.45) is 5.84 Å². The van der Waals surface area contributed by atoms with Crippen LogP contribution in [0.15, 0.2) is 24.5 Å². The highest BCUT2D eigenvalue weighted by molar-refractivity contribution is 5.67. The number of hydrazine groups is 1. The zero-order valence-corrected chi connectivity index (χ0v) is 11.7. The number of nitrogens with zero attached hydrogens (tertiary/aromatic N) is 2. The van der Waals surface area contributed by atoms with Crippen LogP contribution in [-0.2, 0) is 0 Å². The number of nitrogens with two attached hydrogens (primary N) is 1. The summed E-state index contributed by atoms with van der Waals surface area (Å²) in [6.45, 7) is 5.90. The van der Waals surface area contributed by atoms with Crippen molar-refractivity contribution in [1.29, 1.82) is 0 Å². The van der Waals surface area contributed by atoms with Crippen LogP contribution >= 0.6 is 0 Å². The third-order valence-corrected chi connectivity index (χ3v) is 3.04. The predicted molar refractivity (Wildman–Crippen MR) is 78.4 cm³/mol. The third kappa shape index (κ3) is 2.85. The molecular formula is C14H18FN5. The van der Waals surface area contributed by atoms with Gasteiger partial charge in [0.25, 0.3) is 0 Å². The van der Waals surface area contributed by atoms with Crippen molar-refractivity contribution in [3.63, 3.8) is 0 Å². The molecule has 0 saturated heterocycles. The molecule has 106 valence electrons. The van der Waals surface area contributed by atoms with Gasteiger partial charge in [-0.05, 0) is 36.6 Å². The van der Waals surface area contributed by atoms with E-state index in [1.165, 1.54) is 18.5 Å². The molecule has 0 bridgehead atoms. The van der Waals surface area contributed by atoms with Gasteiger partial charge in [-0.25, -0.2) is 20.2 Å². The van der Waals surface area contributed by atoms with Crippen LogP contribution in [0.5, 0.6) is 0 Å². The second-order valence-corrected chi connectivity index (χ2v) is 4.87. The van der Waals surface area contributed by atoms with Crippen LogP contribution in [0.1, 0.15) is 30.9 Å². The number of aromatic nitrogens is 2. The number of hydrogen-bond acceptors (Lipinski definition) is 5. The minimum absolute atomic E-state index is 0.186. The third-order valence-electron chi connectivity index (χ3n) is 3.04. The normalized spacial score (nSPS) is 10.7. The van der Waals surface area contributed by atoms with Crippen LogP contribution < -0.4 is 16.6 Å². The Balaban J connectivity index is 2.43. The molecule has 0 fully saturated rings. The van der Waals surface area contributed by atoms with Crippen LogP contribution in [-0.4, -0.2) is 9.97 Å². The molecule has 1 aromatic heterocycles. The Hall–Kier alpha value is -2.21. The molecule has 0 spiro atoms. The fourth-order valence-corrected chi connectivity index (χ4v) is 2.05. The molecule has 1 aromatic carbocycles. The maximum Gasteiger partial charge on any atom is 0.148 e. The van der Waals surface area contributed by atoms with Gasteiger partial charge >= 0.3 is 0 Å². The summed E-state index contributed by atoms with van der Waals surface area (Å²) in [5.74, 6) is 6.65. The number of anilines is 3. The summed E-state index contributed by atoms with van der Waals surface area (Å²) in [5.41, 5.74) is 5.07. The van der Waals surface area contributed by atoms with Crippen LogP contribution in [0, 0.1) is 12.7 Å². The van der Waals surface area contributed by atoms with Crippen molar-refractivity contribution >= 4 is 17.3 Å². The molecule has 0 unspecified atom stereocenters. The molecule has 6 heteroatoms. The van der Waals surface area contributed by atoms with Crippen molar-refractivity contribution in [2.45, 2.75) is 26.7 Å². The summed E-state index contributed by atoms with van der Waals surface area (Å²) in [6.07, 6.45) is 1.43. The lowest BCUT2D eigenvalue weighted by Crippen LogP contribution is -2.14. The Morgan fingerprint density at radius 1 is 1.20 bits per heavy atom. The Bertz CT molecular complexity index is 613. The standard InChI is InChI=1S/C14H18FN5/c1-8(2)12-13(17-7-18-14(12)20-16)19-11-5-4-10(15)6-9(11)3/h4-8H,16H2,1-3H3,(H2,17,18,19,20). The van der Waals surface area contributed by atoms with Crippen LogP contribution in [0.2, 0.25) is 0 Å². The first-order valence-corrected chi connectivity index (χ1v) is 6.37. The van der Waals surface area contributed by atoms with Crippen molar-refractivity contribution in [1.82, 2.24) is 9.97 Å². The molecule has 5 nitrogen and oxygen atoms in total. The van der Waals surface area contributed by atoms with Crippen molar-refractivity contribution in [3.8, 4) is 0 Å². The summed E-state index contributed by atoms with van der Waals surface area (Å²) in [5, 5.41) is 3.21. The van der Waals surface area contributed by atoms with E-state index in [-0.39, 0.29) is 11.7 Å². The first kappa shape index (κ1) is 14.2. The Labute approximate surface area is 117 Å². The van der Waals surface area contributed by atoms with Gasteiger partial charge in [-0.15, -0.1) is 0 Å². The molecule has 0 aliphatic carbocycles. The zero-order valence-electron chi connectivity index (χ0n) is 11.7. The Morgan fingerprint density at radius 2 is 1.90 bits per heavy atom. The van der Waals surface area contributed by atoms with Crippen LogP contribution in [0.4, 0.5) is 21.7 Å². The quantitative estimate of drug-likeness (QED) is 0.590. The SMILES string of the molecule is Cc1cc(F)ccc1Nc1ncnc(NN)c1C(C)C. The molecule has 0 amide bonds. The van der Waals surface area contributed by atoms with Gasteiger partial charge in [-0.3, -0.25) is 0 Å². The monoisotopic (exact) mass is 275 g/mol. The molecule has 0 aliphatic heterocycles. The molecule has 2 aromatic rings. The van der Waals surface area contributed by atoms with Gasteiger partial charge in [0.1, 0.15) is 23.8 Å². The number of benzene rings is 1. The highest BCUT2D eigenvalue weighted by Crippen LogP contribution is 2.30. The molecule has 0 saturated carbocycles. The highest BCUT2D eigenvalue weighted by Gasteiger charge is 2.15. The van der Waals surface area contributed by atoms with E-state index in [2.05, 4.69) is 20.7 Å². The van der Waals surface area contributed by atoms with Crippen molar-refractivity contribution in [2.75, 3.05) is 10.7 Å². The minimum atomic E-state index is -0.260. The number of nitrogen functional groups attached to an aromatic ring is 1. The number of nitrogens with one attached hydrogen (secondary N) is 2. The molecule has 0 aliphatic rings. The van der Waals surface area contributed by atoms with Gasteiger partial charge < -0.3 is 10.7 Å². The van der Waals surface area contributed by atoms with E-state index in [1.807, 2.05) is 20.8 Å². The molecular weight excluding hydrogens is 257 g/mol. The highest BCUT2D eigenvalue weighted by atomic mass is 19.1. The largest absolute Gasteiger partial charge is 0.340 e. The fourth-order valence-electron chi connectivity index (χ4n) is 2.05. The Kier molecular flexibility index (Phi) is 4.14. The molecule has 0 atom stereocenters. The maximum absolute atomic E-state index is 13.1. The van der Waals surface area contributed by atoms with Crippen LogP contribution in [0.3, 0.4) is 0 Å². The van der Waals surface area contributed by atoms with Crippen molar-refractivity contribution < 1.29 is 4.39 Å². The zero-order chi connectivity index (χ0) is 14.7. The first-order valence-electron chi connectivity index (χ1n) is 6.37. The van der Waals surface area contributed by atoms with E-state index in [9.17, 15) is 4.39 Å². The number of halogens is 1. The second-order valence-electron chi connectivity index (χ2n) is 4.87. The average molecular weight is 275 g/mol. The molecule has 1 heterocycles. The van der Waals surface area contributed by atoms with E-state index in [0.717, 1.165) is 16.8 Å². The predicted octanol–water partition coefficient (Wildman–Crippen LogP) is 3.08. The van der Waals surface area contributed by atoms with Gasteiger partial charge in [0.2, 0.25) is 0 Å². The summed E-state index contributed by atoms with van der Waals surface area (Å²) in [4.78, 5) is 8.37. The van der Waals surface area contributed by atoms with Gasteiger partial charge in [-0.2, -0.15) is 0 Å². The Morgan fingerprint density at radius 3 is 2.50 bits per heavy atom. The smallest absolute Gasteiger partial charge is 0.148 e. The molecule has 0 radical (unpaired) electrons. The lowest BCUT2D eigenvalue weighted by atomic mass is 10.0. The summed E-state index contributed by atoms with van der Waals surface area (Å²) < 4.78 is 13.1. The summed E-state index contributed by atoms with van der Waals surface area (Å²) >= 11 is 0. The van der Waals surface area contributed by atoms with Gasteiger partial charge in [0, 0.05) is 11.3 Å². The summed E-state index contributed by atoms with van der Waals surface area (Å²) in [6, 6.07) is 4.57. The number of hydrogen-bond donors (Lipinski definition) is 3. The molecule has 20 heavy (non-hydrogen) atoms. The van der Waals surface area contributed by atoms with E-state index in [1.54, 1.807) is 6.07 Å². The minimum Gasteiger partial charge on any atom is -0.340 e. The second kappa shape index (κ2) is 5.83. The fraction of sp³-hybridized carbons (Fsp3) is 0.286. The first-order chi connectivity index (χ1) is 9.52. The van der Waals surface area contributed by atoms with Crippen molar-refractivity contribution in [3.05, 3.63) is 41.5 Å². The summed E-state index contributed by atoms with van der Waals surface area (Å²) in [7, 11) is 0. The topological polar surface area (TPSA) is 75.9 Å². The number of rotatable bonds is 4. The number of aryl methyl sites for hydroxylation is 1.